The molecule has 1 fully saturated rings. The van der Waals surface area contributed by atoms with Gasteiger partial charge in [0.15, 0.2) is 0 Å². The van der Waals surface area contributed by atoms with E-state index in [1.165, 1.54) is 7.11 Å². The van der Waals surface area contributed by atoms with Crippen LogP contribution in [-0.2, 0) is 19.9 Å². The number of amides is 4. The summed E-state index contributed by atoms with van der Waals surface area (Å²) in [6.45, 7) is 4.66. The first-order chi connectivity index (χ1) is 13.1. The van der Waals surface area contributed by atoms with Gasteiger partial charge in [0.05, 0.1) is 7.11 Å². The van der Waals surface area contributed by atoms with E-state index in [9.17, 15) is 24.3 Å². The lowest BCUT2D eigenvalue weighted by Crippen LogP contribution is -2.48. The summed E-state index contributed by atoms with van der Waals surface area (Å²) in [4.78, 5) is 49.5. The smallest absolute Gasteiger partial charge is 0.326 e. The molecule has 1 saturated heterocycles. The summed E-state index contributed by atoms with van der Waals surface area (Å²) in [5.41, 5.74) is -0.786. The lowest BCUT2D eigenvalue weighted by atomic mass is 9.92. The molecule has 4 amide bonds. The van der Waals surface area contributed by atoms with Crippen molar-refractivity contribution in [2.24, 2.45) is 5.92 Å². The van der Waals surface area contributed by atoms with Gasteiger partial charge in [-0.3, -0.25) is 14.5 Å². The zero-order valence-electron chi connectivity index (χ0n) is 16.3. The maximum atomic E-state index is 12.8. The van der Waals surface area contributed by atoms with Crippen molar-refractivity contribution in [2.45, 2.75) is 38.8 Å². The Balaban J connectivity index is 2.12. The van der Waals surface area contributed by atoms with E-state index in [2.05, 4.69) is 10.6 Å². The third kappa shape index (κ3) is 4.41. The average molecular weight is 391 g/mol. The first-order valence-corrected chi connectivity index (χ1v) is 8.89. The molecule has 9 nitrogen and oxygen atoms in total. The SMILES string of the molecule is COc1ccc(C2(C)NC(=O)N(CC(=O)NC(CC(C)C)C(=O)O)C2=O)cc1. The molecule has 0 aromatic heterocycles. The van der Waals surface area contributed by atoms with Gasteiger partial charge < -0.3 is 20.5 Å². The molecule has 0 saturated carbocycles. The first kappa shape index (κ1) is 21.2. The molecule has 28 heavy (non-hydrogen) atoms. The largest absolute Gasteiger partial charge is 0.497 e. The van der Waals surface area contributed by atoms with Crippen molar-refractivity contribution >= 4 is 23.8 Å². The Morgan fingerprint density at radius 2 is 1.86 bits per heavy atom. The first-order valence-electron chi connectivity index (χ1n) is 8.89. The molecule has 3 N–H and O–H groups in total. The molecule has 0 radical (unpaired) electrons. The third-order valence-corrected chi connectivity index (χ3v) is 4.58. The highest BCUT2D eigenvalue weighted by Gasteiger charge is 2.49. The number of carboxylic acid groups (broad SMARTS) is 1. The van der Waals surface area contributed by atoms with Crippen molar-refractivity contribution in [3.63, 3.8) is 0 Å². The molecule has 9 heteroatoms. The normalized spacial score (nSPS) is 20.1. The Morgan fingerprint density at radius 3 is 2.36 bits per heavy atom. The van der Waals surface area contributed by atoms with Crippen molar-refractivity contribution in [1.29, 1.82) is 0 Å². The number of carbonyl (C=O) groups is 4. The number of methoxy groups -OCH3 is 1. The summed E-state index contributed by atoms with van der Waals surface area (Å²) in [5, 5.41) is 14.2. The van der Waals surface area contributed by atoms with E-state index in [1.807, 2.05) is 13.8 Å². The number of nitrogens with zero attached hydrogens (tertiary/aromatic N) is 1. The fraction of sp³-hybridized carbons (Fsp3) is 0.474. The molecule has 0 aliphatic carbocycles. The molecule has 1 heterocycles. The molecule has 2 rings (SSSR count). The number of urea groups is 1. The highest BCUT2D eigenvalue weighted by atomic mass is 16.5. The molecular formula is C19H25N3O6. The summed E-state index contributed by atoms with van der Waals surface area (Å²) in [7, 11) is 1.52. The maximum Gasteiger partial charge on any atom is 0.326 e. The van der Waals surface area contributed by atoms with E-state index in [0.29, 0.717) is 11.3 Å². The zero-order valence-corrected chi connectivity index (χ0v) is 16.3. The minimum Gasteiger partial charge on any atom is -0.497 e. The van der Waals surface area contributed by atoms with E-state index in [1.54, 1.807) is 31.2 Å². The molecule has 2 atom stereocenters. The van der Waals surface area contributed by atoms with E-state index in [4.69, 9.17) is 4.74 Å². The van der Waals surface area contributed by atoms with Crippen molar-refractivity contribution in [1.82, 2.24) is 15.5 Å². The summed E-state index contributed by atoms with van der Waals surface area (Å²) >= 11 is 0. The maximum absolute atomic E-state index is 12.8. The van der Waals surface area contributed by atoms with Gasteiger partial charge in [-0.25, -0.2) is 9.59 Å². The second kappa shape index (κ2) is 8.28. The number of hydrogen-bond donors (Lipinski definition) is 3. The second-order valence-corrected chi connectivity index (χ2v) is 7.26. The predicted octanol–water partition coefficient (Wildman–Crippen LogP) is 1.08. The Morgan fingerprint density at radius 1 is 1.25 bits per heavy atom. The summed E-state index contributed by atoms with van der Waals surface area (Å²) in [6.07, 6.45) is 0.241. The van der Waals surface area contributed by atoms with Crippen LogP contribution in [0.15, 0.2) is 24.3 Å². The number of rotatable bonds is 8. The minimum absolute atomic E-state index is 0.0523. The number of nitrogens with one attached hydrogen (secondary N) is 2. The van der Waals surface area contributed by atoms with Crippen LogP contribution >= 0.6 is 0 Å². The lowest BCUT2D eigenvalue weighted by molar-refractivity contribution is -0.142. The van der Waals surface area contributed by atoms with E-state index >= 15 is 0 Å². The molecule has 0 bridgehead atoms. The van der Waals surface area contributed by atoms with Crippen molar-refractivity contribution in [2.75, 3.05) is 13.7 Å². The molecule has 2 unspecified atom stereocenters. The molecule has 1 aliphatic heterocycles. The summed E-state index contributed by atoms with van der Waals surface area (Å²) in [6, 6.07) is 4.85. The van der Waals surface area contributed by atoms with E-state index in [0.717, 1.165) is 4.90 Å². The van der Waals surface area contributed by atoms with Gasteiger partial charge in [-0.05, 0) is 37.0 Å². The Bertz CT molecular complexity index is 776. The van der Waals surface area contributed by atoms with Crippen LogP contribution in [-0.4, -0.2) is 53.5 Å². The van der Waals surface area contributed by atoms with Gasteiger partial charge in [0, 0.05) is 0 Å². The van der Waals surface area contributed by atoms with Crippen LogP contribution in [0.2, 0.25) is 0 Å². The van der Waals surface area contributed by atoms with E-state index < -0.39 is 41.9 Å². The van der Waals surface area contributed by atoms with Crippen molar-refractivity contribution in [3.05, 3.63) is 29.8 Å². The van der Waals surface area contributed by atoms with Crippen molar-refractivity contribution < 1.29 is 29.0 Å². The monoisotopic (exact) mass is 391 g/mol. The Hall–Kier alpha value is -3.10. The van der Waals surface area contributed by atoms with Gasteiger partial charge in [0.2, 0.25) is 5.91 Å². The van der Waals surface area contributed by atoms with Crippen molar-refractivity contribution in [3.8, 4) is 5.75 Å². The zero-order chi connectivity index (χ0) is 21.1. The molecule has 1 aromatic carbocycles. The van der Waals surface area contributed by atoms with Gasteiger partial charge in [-0.15, -0.1) is 0 Å². The molecule has 1 aliphatic rings. The lowest BCUT2D eigenvalue weighted by Gasteiger charge is -2.22. The number of ether oxygens (including phenoxy) is 1. The Labute approximate surface area is 163 Å². The van der Waals surface area contributed by atoms with E-state index in [-0.39, 0.29) is 12.3 Å². The quantitative estimate of drug-likeness (QED) is 0.570. The van der Waals surface area contributed by atoms with Crippen LogP contribution in [0, 0.1) is 5.92 Å². The number of aliphatic carboxylic acids is 1. The average Bonchev–Trinajstić information content (AvgIpc) is 2.85. The third-order valence-electron chi connectivity index (χ3n) is 4.58. The van der Waals surface area contributed by atoms with Gasteiger partial charge in [0.25, 0.3) is 5.91 Å². The molecule has 152 valence electrons. The number of carboxylic acids is 1. The van der Waals surface area contributed by atoms with Crippen LogP contribution in [0.5, 0.6) is 5.75 Å². The summed E-state index contributed by atoms with van der Waals surface area (Å²) < 4.78 is 5.09. The van der Waals surface area contributed by atoms with Crippen LogP contribution in [0.1, 0.15) is 32.8 Å². The number of carbonyl (C=O) groups excluding carboxylic acids is 3. The highest BCUT2D eigenvalue weighted by molar-refractivity contribution is 6.09. The highest BCUT2D eigenvalue weighted by Crippen LogP contribution is 2.29. The van der Waals surface area contributed by atoms with Crippen LogP contribution < -0.4 is 15.4 Å². The molecule has 1 aromatic rings. The van der Waals surface area contributed by atoms with Gasteiger partial charge in [-0.1, -0.05) is 26.0 Å². The molecular weight excluding hydrogens is 366 g/mol. The Kier molecular flexibility index (Phi) is 6.27. The van der Waals surface area contributed by atoms with Gasteiger partial charge in [0.1, 0.15) is 23.9 Å². The molecule has 0 spiro atoms. The summed E-state index contributed by atoms with van der Waals surface area (Å²) in [5.74, 6) is -1.81. The topological polar surface area (TPSA) is 125 Å². The van der Waals surface area contributed by atoms with Crippen LogP contribution in [0.3, 0.4) is 0 Å². The predicted molar refractivity (Wildman–Crippen MR) is 99.6 cm³/mol. The number of imide groups is 1. The fourth-order valence-corrected chi connectivity index (χ4v) is 3.04. The number of benzene rings is 1. The second-order valence-electron chi connectivity index (χ2n) is 7.26. The minimum atomic E-state index is -1.33. The van der Waals surface area contributed by atoms with Gasteiger partial charge >= 0.3 is 12.0 Å². The van der Waals surface area contributed by atoms with Gasteiger partial charge in [-0.2, -0.15) is 0 Å². The number of hydrogen-bond acceptors (Lipinski definition) is 5. The van der Waals surface area contributed by atoms with Crippen LogP contribution in [0.4, 0.5) is 4.79 Å². The van der Waals surface area contributed by atoms with Crippen LogP contribution in [0.25, 0.3) is 0 Å². The fourth-order valence-electron chi connectivity index (χ4n) is 3.04. The standard InChI is InChI=1S/C19H25N3O6/c1-11(2)9-14(16(24)25)20-15(23)10-22-17(26)19(3,21-18(22)27)12-5-7-13(28-4)8-6-12/h5-8,11,14H,9-10H2,1-4H3,(H,20,23)(H,21,27)(H,24,25).